The highest BCUT2D eigenvalue weighted by Crippen LogP contribution is 2.31. The number of anilines is 2. The van der Waals surface area contributed by atoms with Crippen LogP contribution in [-0.2, 0) is 21.7 Å². The lowest BCUT2D eigenvalue weighted by Crippen LogP contribution is -2.22. The number of hydrogen-bond acceptors (Lipinski definition) is 10. The zero-order valence-corrected chi connectivity index (χ0v) is 43.7. The van der Waals surface area contributed by atoms with E-state index in [0.29, 0.717) is 32.7 Å². The van der Waals surface area contributed by atoms with E-state index < -0.39 is 17.1 Å². The van der Waals surface area contributed by atoms with Gasteiger partial charge in [-0.15, -0.1) is 0 Å². The van der Waals surface area contributed by atoms with Crippen molar-refractivity contribution in [2.45, 2.75) is 112 Å². The van der Waals surface area contributed by atoms with Crippen molar-refractivity contribution in [1.29, 1.82) is 0 Å². The highest BCUT2D eigenvalue weighted by atomic mass is 16.2. The van der Waals surface area contributed by atoms with E-state index in [0.717, 1.165) is 43.6 Å². The van der Waals surface area contributed by atoms with E-state index in [4.69, 9.17) is 11.5 Å². The number of aromatic amines is 6. The number of nitrogens with zero attached hydrogens (tertiary/aromatic N) is 2. The number of rotatable bonds is 0. The average molecular weight is 985 g/mol. The number of nitrogens with two attached hydrogens (primary N) is 2. The number of aromatic nitrogens is 8. The number of H-pyrrole nitrogens is 6. The maximum atomic E-state index is 11.9. The Morgan fingerprint density at radius 3 is 1.40 bits per heavy atom. The van der Waals surface area contributed by atoms with Crippen LogP contribution in [0.15, 0.2) is 120 Å². The van der Waals surface area contributed by atoms with Crippen LogP contribution < -0.4 is 45.2 Å². The first-order valence-electron chi connectivity index (χ1n) is 23.9. The highest BCUT2D eigenvalue weighted by molar-refractivity contribution is 5.98. The summed E-state index contributed by atoms with van der Waals surface area (Å²) in [7, 11) is 0. The minimum absolute atomic E-state index is 0.0171. The zero-order chi connectivity index (χ0) is 53.7. The van der Waals surface area contributed by atoms with Gasteiger partial charge in [0.2, 0.25) is 5.95 Å². The Bertz CT molecular complexity index is 4150. The fourth-order valence-corrected chi connectivity index (χ4v) is 8.27. The Labute approximate surface area is 419 Å². The fourth-order valence-electron chi connectivity index (χ4n) is 8.27. The first kappa shape index (κ1) is 52.4. The molecular formula is C57H64N10O6. The Kier molecular flexibility index (Phi) is 13.9. The van der Waals surface area contributed by atoms with Crippen LogP contribution >= 0.6 is 0 Å². The number of aryl methyl sites for hydroxylation is 1. The van der Waals surface area contributed by atoms with E-state index in [1.807, 2.05) is 55.5 Å². The SMILES string of the molecule is CC(C)(C)c1ccc2[nH]c(=O)[nH]c(=O)c2c1.CC(C)(C)c1ccc2cc3[nH]c(=O)[nH]c(=O)c3cc2c1.CC(C)(C)c1ccc2cc3nc(N)[nH]c(=O)c3cc2c1.Cc1cc(C(C)(C)C)cc2c(N)nc(=O)[nH]c12. The van der Waals surface area contributed by atoms with Crippen LogP contribution in [0.25, 0.3) is 65.2 Å². The van der Waals surface area contributed by atoms with E-state index in [1.165, 1.54) is 16.7 Å². The van der Waals surface area contributed by atoms with E-state index in [-0.39, 0.29) is 50.1 Å². The van der Waals surface area contributed by atoms with Gasteiger partial charge >= 0.3 is 17.1 Å². The van der Waals surface area contributed by atoms with Crippen LogP contribution in [-0.4, -0.2) is 39.9 Å². The van der Waals surface area contributed by atoms with Gasteiger partial charge in [0.1, 0.15) is 5.82 Å². The number of nitrogens with one attached hydrogen (secondary N) is 6. The second-order valence-electron chi connectivity index (χ2n) is 22.6. The molecule has 0 saturated heterocycles. The molecule has 4 aromatic heterocycles. The molecule has 10 N–H and O–H groups in total. The number of fused-ring (bicyclic) bond motifs is 6. The lowest BCUT2D eigenvalue weighted by molar-refractivity contribution is 0.590. The van der Waals surface area contributed by atoms with Crippen molar-refractivity contribution in [1.82, 2.24) is 39.9 Å². The van der Waals surface area contributed by atoms with Gasteiger partial charge in [-0.05, 0) is 120 Å². The van der Waals surface area contributed by atoms with Crippen molar-refractivity contribution in [3.8, 4) is 0 Å². The number of nitrogen functional groups attached to an aromatic ring is 2. The monoisotopic (exact) mass is 985 g/mol. The molecule has 73 heavy (non-hydrogen) atoms. The summed E-state index contributed by atoms with van der Waals surface area (Å²) >= 11 is 0. The molecule has 16 heteroatoms. The smallest absolute Gasteiger partial charge is 0.347 e. The molecule has 16 nitrogen and oxygen atoms in total. The second kappa shape index (κ2) is 19.3. The molecule has 10 rings (SSSR count). The van der Waals surface area contributed by atoms with E-state index >= 15 is 0 Å². The van der Waals surface area contributed by atoms with Crippen LogP contribution in [0.3, 0.4) is 0 Å². The first-order chi connectivity index (χ1) is 33.8. The van der Waals surface area contributed by atoms with Gasteiger partial charge in [0.15, 0.2) is 0 Å². The summed E-state index contributed by atoms with van der Waals surface area (Å²) in [4.78, 5) is 92.0. The fraction of sp³-hybridized carbons (Fsp3) is 0.298. The average Bonchev–Trinajstić information content (AvgIpc) is 3.27. The van der Waals surface area contributed by atoms with Crippen LogP contribution in [0.5, 0.6) is 0 Å². The minimum Gasteiger partial charge on any atom is -0.383 e. The van der Waals surface area contributed by atoms with Crippen LogP contribution in [0, 0.1) is 6.92 Å². The van der Waals surface area contributed by atoms with Gasteiger partial charge in [0.25, 0.3) is 16.7 Å². The second-order valence-corrected chi connectivity index (χ2v) is 22.6. The molecule has 0 amide bonds. The predicted molar refractivity (Wildman–Crippen MR) is 298 cm³/mol. The van der Waals surface area contributed by atoms with E-state index in [1.54, 1.807) is 6.07 Å². The number of hydrogen-bond donors (Lipinski definition) is 8. The summed E-state index contributed by atoms with van der Waals surface area (Å²) in [6.45, 7) is 27.6. The molecule has 10 aromatic rings. The Morgan fingerprint density at radius 2 is 0.849 bits per heavy atom. The molecule has 0 aliphatic heterocycles. The molecule has 0 saturated carbocycles. The molecular weight excluding hydrogens is 921 g/mol. The summed E-state index contributed by atoms with van der Waals surface area (Å²) in [6, 6.07) is 29.6. The standard InChI is InChI=1S/C16H17N3O.C16H16N2O2.C13H17N3O.C12H14N2O2/c1-16(2,3)11-5-4-9-8-13-12(7-10(9)6-11)14(20)19-15(17)18-13;1-16(2,3)11-5-4-9-8-13-12(7-10(9)6-11)14(19)18-15(20)17-13;1-7-5-8(13(2,3)4)6-9-10(7)15-12(17)16-11(9)14;1-12(2,3)7-4-5-9-8(6-7)10(15)14-11(16)13-9/h4-8H,1-3H3,(H3,17,18,19,20);4-8H,1-3H3,(H2,17,18,19,20);5-6H,1-4H3,(H3,14,15,16,17);4-6H,1-3H3,(H2,13,14,15,16). The largest absolute Gasteiger partial charge is 0.383 e. The summed E-state index contributed by atoms with van der Waals surface area (Å²) in [6.07, 6.45) is 0. The van der Waals surface area contributed by atoms with Crippen molar-refractivity contribution >= 4 is 76.9 Å². The van der Waals surface area contributed by atoms with Crippen molar-refractivity contribution in [3.05, 3.63) is 181 Å². The maximum Gasteiger partial charge on any atom is 0.347 e. The summed E-state index contributed by atoms with van der Waals surface area (Å²) in [5.74, 6) is 0.436. The molecule has 4 heterocycles. The summed E-state index contributed by atoms with van der Waals surface area (Å²) in [5, 5.41) is 6.52. The lowest BCUT2D eigenvalue weighted by Gasteiger charge is -2.20. The molecule has 0 aliphatic rings. The van der Waals surface area contributed by atoms with Crippen LogP contribution in [0.2, 0.25) is 0 Å². The molecule has 0 bridgehead atoms. The van der Waals surface area contributed by atoms with Crippen molar-refractivity contribution < 1.29 is 0 Å². The van der Waals surface area contributed by atoms with Gasteiger partial charge in [-0.3, -0.25) is 29.3 Å². The molecule has 0 radical (unpaired) electrons. The minimum atomic E-state index is -0.479. The molecule has 0 spiro atoms. The topological polar surface area (TPSA) is 275 Å². The predicted octanol–water partition coefficient (Wildman–Crippen LogP) is 9.25. The quantitative estimate of drug-likeness (QED) is 0.0667. The Balaban J connectivity index is 0.000000143. The van der Waals surface area contributed by atoms with E-state index in [2.05, 4.69) is 159 Å². The van der Waals surface area contributed by atoms with Gasteiger partial charge in [-0.25, -0.2) is 19.4 Å². The normalized spacial score (nSPS) is 12.1. The lowest BCUT2D eigenvalue weighted by atomic mass is 9.85. The van der Waals surface area contributed by atoms with E-state index in [9.17, 15) is 28.8 Å². The molecule has 0 fully saturated rings. The van der Waals surface area contributed by atoms with Crippen molar-refractivity contribution in [3.63, 3.8) is 0 Å². The Hall–Kier alpha value is -8.40. The third kappa shape index (κ3) is 11.9. The Morgan fingerprint density at radius 1 is 0.397 bits per heavy atom. The molecule has 378 valence electrons. The third-order valence-electron chi connectivity index (χ3n) is 12.6. The van der Waals surface area contributed by atoms with Gasteiger partial charge in [0.05, 0.1) is 38.2 Å². The van der Waals surface area contributed by atoms with Gasteiger partial charge in [0, 0.05) is 5.39 Å². The zero-order valence-electron chi connectivity index (χ0n) is 43.7. The molecule has 0 aliphatic carbocycles. The van der Waals surface area contributed by atoms with Crippen molar-refractivity contribution in [2.75, 3.05) is 11.5 Å². The maximum absolute atomic E-state index is 11.9. The molecule has 0 unspecified atom stereocenters. The third-order valence-corrected chi connectivity index (χ3v) is 12.6. The van der Waals surface area contributed by atoms with Gasteiger partial charge in [-0.1, -0.05) is 132 Å². The van der Waals surface area contributed by atoms with Crippen LogP contribution in [0.1, 0.15) is 111 Å². The summed E-state index contributed by atoms with van der Waals surface area (Å²) < 4.78 is 0. The summed E-state index contributed by atoms with van der Waals surface area (Å²) in [5.41, 5.74) is 17.6. The highest BCUT2D eigenvalue weighted by Gasteiger charge is 2.19. The first-order valence-corrected chi connectivity index (χ1v) is 23.9. The van der Waals surface area contributed by atoms with Crippen molar-refractivity contribution in [2.24, 2.45) is 0 Å². The molecule has 0 atom stereocenters. The van der Waals surface area contributed by atoms with Gasteiger partial charge in [-0.2, -0.15) is 4.98 Å². The van der Waals surface area contributed by atoms with Crippen LogP contribution in [0.4, 0.5) is 11.8 Å². The van der Waals surface area contributed by atoms with Gasteiger partial charge < -0.3 is 26.4 Å². The molecule has 6 aromatic carbocycles. The number of benzene rings is 6.